The second-order valence-electron chi connectivity index (χ2n) is 8.92. The quantitative estimate of drug-likeness (QED) is 0.364. The minimum atomic E-state index is -1.30. The third-order valence-electron chi connectivity index (χ3n) is 6.49. The van der Waals surface area contributed by atoms with E-state index in [1.807, 2.05) is 12.1 Å². The third kappa shape index (κ3) is 5.73. The molecule has 31 heavy (non-hydrogen) atoms. The van der Waals surface area contributed by atoms with Crippen LogP contribution < -0.4 is 4.74 Å². The van der Waals surface area contributed by atoms with Gasteiger partial charge in [0.15, 0.2) is 4.90 Å². The minimum Gasteiger partial charge on any atom is -0.494 e. The second kappa shape index (κ2) is 10.2. The van der Waals surface area contributed by atoms with Gasteiger partial charge in [-0.1, -0.05) is 18.2 Å². The van der Waals surface area contributed by atoms with Crippen LogP contribution in [0.4, 0.5) is 4.39 Å². The van der Waals surface area contributed by atoms with Gasteiger partial charge in [-0.3, -0.25) is 0 Å². The van der Waals surface area contributed by atoms with Gasteiger partial charge in [0.25, 0.3) is 0 Å². The van der Waals surface area contributed by atoms with Crippen molar-refractivity contribution < 1.29 is 13.3 Å². The molecule has 2 aliphatic heterocycles. The summed E-state index contributed by atoms with van der Waals surface area (Å²) in [4.78, 5) is 5.59. The van der Waals surface area contributed by atoms with Crippen LogP contribution >= 0.6 is 0 Å². The van der Waals surface area contributed by atoms with Crippen LogP contribution in [-0.4, -0.2) is 62.1 Å². The number of piperidine rings is 1. The van der Waals surface area contributed by atoms with Crippen molar-refractivity contribution in [2.45, 2.75) is 42.8 Å². The Morgan fingerprint density at radius 1 is 1.13 bits per heavy atom. The van der Waals surface area contributed by atoms with Gasteiger partial charge in [0.05, 0.1) is 6.61 Å². The molecule has 0 spiro atoms. The first-order chi connectivity index (χ1) is 15.0. The lowest BCUT2D eigenvalue weighted by molar-refractivity contribution is 0.143. The second-order valence-corrected chi connectivity index (χ2v) is 10.4. The highest BCUT2D eigenvalue weighted by Crippen LogP contribution is 2.35. The van der Waals surface area contributed by atoms with Crippen LogP contribution in [0.25, 0.3) is 0 Å². The van der Waals surface area contributed by atoms with E-state index in [4.69, 9.17) is 4.74 Å². The molecule has 0 amide bonds. The molecule has 0 aromatic heterocycles. The number of likely N-dealkylation sites (N-methyl/N-ethyl adjacent to an activating group) is 1. The molecular weight excluding hydrogens is 411 g/mol. The van der Waals surface area contributed by atoms with Crippen molar-refractivity contribution in [1.29, 1.82) is 0 Å². The average molecular weight is 446 g/mol. The summed E-state index contributed by atoms with van der Waals surface area (Å²) < 4.78 is 31.0. The molecule has 2 aromatic rings. The van der Waals surface area contributed by atoms with Crippen molar-refractivity contribution in [3.05, 3.63) is 59.2 Å². The molecule has 2 aliphatic rings. The molecule has 168 valence electrons. The first kappa shape index (κ1) is 22.4. The zero-order valence-corrected chi connectivity index (χ0v) is 19.5. The van der Waals surface area contributed by atoms with E-state index in [9.17, 15) is 8.60 Å². The van der Waals surface area contributed by atoms with Gasteiger partial charge in [-0.15, -0.1) is 4.21 Å². The molecule has 2 aromatic carbocycles. The lowest BCUT2D eigenvalue weighted by Gasteiger charge is -2.33. The summed E-state index contributed by atoms with van der Waals surface area (Å²) in [7, 11) is 0.852. The predicted octanol–water partition coefficient (Wildman–Crippen LogP) is 4.15. The highest BCUT2D eigenvalue weighted by molar-refractivity contribution is 7.84. The number of benzene rings is 2. The van der Waals surface area contributed by atoms with Gasteiger partial charge in [0.2, 0.25) is 0 Å². The van der Waals surface area contributed by atoms with E-state index >= 15 is 0 Å². The Balaban J connectivity index is 1.37. The maximum absolute atomic E-state index is 13.3. The number of hydrogen-bond acceptors (Lipinski definition) is 4. The molecular formula is C25H34FN2O2S+. The molecule has 4 rings (SSSR count). The highest BCUT2D eigenvalue weighted by Gasteiger charge is 2.25. The van der Waals surface area contributed by atoms with Gasteiger partial charge in [-0.05, 0) is 67.3 Å². The number of thiol groups is 1. The Labute approximate surface area is 187 Å². The number of ether oxygens (including phenoxy) is 1. The van der Waals surface area contributed by atoms with Crippen LogP contribution in [0.15, 0.2) is 47.4 Å². The number of alkyl halides is 1. The molecule has 2 heterocycles. The molecule has 2 unspecified atom stereocenters. The van der Waals surface area contributed by atoms with Crippen LogP contribution in [0.1, 0.15) is 41.9 Å². The van der Waals surface area contributed by atoms with Crippen LogP contribution in [0.5, 0.6) is 5.75 Å². The lowest BCUT2D eigenvalue weighted by atomic mass is 9.85. The van der Waals surface area contributed by atoms with Crippen molar-refractivity contribution in [2.75, 3.05) is 46.1 Å². The van der Waals surface area contributed by atoms with Crippen molar-refractivity contribution in [2.24, 2.45) is 0 Å². The van der Waals surface area contributed by atoms with E-state index in [0.29, 0.717) is 25.4 Å². The minimum absolute atomic E-state index is 0.310. The van der Waals surface area contributed by atoms with Crippen LogP contribution in [0, 0.1) is 0 Å². The molecule has 1 fully saturated rings. The van der Waals surface area contributed by atoms with E-state index in [1.54, 1.807) is 6.26 Å². The van der Waals surface area contributed by atoms with Gasteiger partial charge >= 0.3 is 0 Å². The SMILES string of the molecule is CN1Cc2cc(OCCCN3CCC(F)CC3)ccc2C(c2ccc([SH+](C)=O)cc2)C1. The molecule has 4 nitrogen and oxygen atoms in total. The maximum atomic E-state index is 13.3. The average Bonchev–Trinajstić information content (AvgIpc) is 2.77. The number of fused-ring (bicyclic) bond motifs is 1. The Bertz CT molecular complexity index is 897. The Kier molecular flexibility index (Phi) is 7.41. The number of likely N-dealkylation sites (tertiary alicyclic amines) is 1. The summed E-state index contributed by atoms with van der Waals surface area (Å²) in [5.74, 6) is 1.23. The molecule has 0 radical (unpaired) electrons. The van der Waals surface area contributed by atoms with E-state index in [-0.39, 0.29) is 0 Å². The largest absolute Gasteiger partial charge is 0.494 e. The van der Waals surface area contributed by atoms with E-state index < -0.39 is 17.0 Å². The van der Waals surface area contributed by atoms with E-state index in [0.717, 1.165) is 49.8 Å². The fraction of sp³-hybridized carbons (Fsp3) is 0.520. The van der Waals surface area contributed by atoms with Gasteiger partial charge in [-0.25, -0.2) is 4.39 Å². The summed E-state index contributed by atoms with van der Waals surface area (Å²) in [5, 5.41) is 0. The fourth-order valence-corrected chi connectivity index (χ4v) is 5.29. The van der Waals surface area contributed by atoms with Crippen molar-refractivity contribution in [1.82, 2.24) is 9.80 Å². The third-order valence-corrected chi connectivity index (χ3v) is 7.51. The van der Waals surface area contributed by atoms with Crippen molar-refractivity contribution in [3.8, 4) is 5.75 Å². The summed E-state index contributed by atoms with van der Waals surface area (Å²) in [5.41, 5.74) is 3.93. The van der Waals surface area contributed by atoms with Gasteiger partial charge in [0.1, 0.15) is 29.0 Å². The number of rotatable bonds is 7. The lowest BCUT2D eigenvalue weighted by Crippen LogP contribution is -2.35. The molecule has 0 bridgehead atoms. The van der Waals surface area contributed by atoms with E-state index in [2.05, 4.69) is 47.2 Å². The molecule has 0 saturated carbocycles. The maximum Gasteiger partial charge on any atom is 0.155 e. The zero-order valence-electron chi connectivity index (χ0n) is 18.6. The summed E-state index contributed by atoms with van der Waals surface area (Å²) in [6.07, 6.45) is 3.43. The summed E-state index contributed by atoms with van der Waals surface area (Å²) >= 11 is 0. The molecule has 6 heteroatoms. The Morgan fingerprint density at radius 3 is 2.58 bits per heavy atom. The first-order valence-corrected chi connectivity index (χ1v) is 13.0. The molecule has 1 saturated heterocycles. The summed E-state index contributed by atoms with van der Waals surface area (Å²) in [6, 6.07) is 14.7. The topological polar surface area (TPSA) is 32.8 Å². The first-order valence-electron chi connectivity index (χ1n) is 11.3. The van der Waals surface area contributed by atoms with E-state index in [1.165, 1.54) is 16.7 Å². The normalized spacial score (nSPS) is 21.6. The standard InChI is InChI=1S/C25H33FN2O2S/c1-27-17-20-16-22(30-15-3-12-28-13-10-21(26)11-14-28)6-9-24(20)25(18-27)19-4-7-23(8-5-19)31(2)29/h4-9,16,21,25H,3,10-15,17-18H2,1-2H3/p+1. The Hall–Kier alpha value is -1.76. The van der Waals surface area contributed by atoms with Gasteiger partial charge in [0, 0.05) is 38.6 Å². The highest BCUT2D eigenvalue weighted by atomic mass is 32.2. The smallest absolute Gasteiger partial charge is 0.155 e. The van der Waals surface area contributed by atoms with Crippen molar-refractivity contribution >= 4 is 10.8 Å². The van der Waals surface area contributed by atoms with Crippen LogP contribution in [0.2, 0.25) is 0 Å². The van der Waals surface area contributed by atoms with Crippen LogP contribution in [0.3, 0.4) is 0 Å². The van der Waals surface area contributed by atoms with Gasteiger partial charge < -0.3 is 14.5 Å². The zero-order chi connectivity index (χ0) is 21.8. The number of halogens is 1. The van der Waals surface area contributed by atoms with Gasteiger partial charge in [-0.2, -0.15) is 0 Å². The predicted molar refractivity (Wildman–Crippen MR) is 125 cm³/mol. The van der Waals surface area contributed by atoms with Crippen LogP contribution in [-0.2, 0) is 21.6 Å². The monoisotopic (exact) mass is 445 g/mol. The number of nitrogens with zero attached hydrogens (tertiary/aromatic N) is 2. The summed E-state index contributed by atoms with van der Waals surface area (Å²) in [6.45, 7) is 5.28. The fourth-order valence-electron chi connectivity index (χ4n) is 4.72. The number of hydrogen-bond donors (Lipinski definition) is 0. The molecule has 0 N–H and O–H groups in total. The molecule has 0 aliphatic carbocycles. The van der Waals surface area contributed by atoms with Crippen molar-refractivity contribution in [3.63, 3.8) is 0 Å². The molecule has 2 atom stereocenters. The Morgan fingerprint density at radius 2 is 1.87 bits per heavy atom.